The van der Waals surface area contributed by atoms with E-state index in [1.54, 1.807) is 15.8 Å². The highest BCUT2D eigenvalue weighted by Crippen LogP contribution is 2.20. The zero-order chi connectivity index (χ0) is 21.1. The number of amides is 1. The van der Waals surface area contributed by atoms with Crippen molar-refractivity contribution in [1.29, 1.82) is 0 Å². The largest absolute Gasteiger partial charge is 0.340 e. The van der Waals surface area contributed by atoms with E-state index < -0.39 is 15.8 Å². The topological polar surface area (TPSA) is 75.5 Å². The highest BCUT2D eigenvalue weighted by atomic mass is 32.2. The van der Waals surface area contributed by atoms with Crippen molar-refractivity contribution in [3.63, 3.8) is 0 Å². The number of aromatic nitrogens is 2. The molecule has 7 nitrogen and oxygen atoms in total. The number of piperazine rings is 1. The third kappa shape index (κ3) is 4.12. The molecule has 0 spiro atoms. The number of para-hydroxylation sites is 1. The van der Waals surface area contributed by atoms with Gasteiger partial charge < -0.3 is 4.90 Å². The fourth-order valence-corrected chi connectivity index (χ4v) is 4.92. The van der Waals surface area contributed by atoms with E-state index in [4.69, 9.17) is 0 Å². The van der Waals surface area contributed by atoms with Gasteiger partial charge in [-0.1, -0.05) is 30.3 Å². The lowest BCUT2D eigenvalue weighted by Crippen LogP contribution is -2.50. The Bertz CT molecular complexity index is 1140. The van der Waals surface area contributed by atoms with Crippen LogP contribution in [-0.2, 0) is 21.2 Å². The third-order valence-electron chi connectivity index (χ3n) is 5.06. The molecule has 156 valence electrons. The van der Waals surface area contributed by atoms with E-state index >= 15 is 0 Å². The molecule has 0 bridgehead atoms. The van der Waals surface area contributed by atoms with Gasteiger partial charge in [0, 0.05) is 32.4 Å². The highest BCUT2D eigenvalue weighted by Gasteiger charge is 2.31. The lowest BCUT2D eigenvalue weighted by Gasteiger charge is -2.34. The molecule has 30 heavy (non-hydrogen) atoms. The van der Waals surface area contributed by atoms with Crippen LogP contribution in [0, 0.1) is 5.82 Å². The summed E-state index contributed by atoms with van der Waals surface area (Å²) >= 11 is 0. The fraction of sp³-hybridized carbons (Fsp3) is 0.238. The number of carbonyl (C=O) groups excluding carboxylic acids is 1. The smallest absolute Gasteiger partial charge is 0.246 e. The minimum absolute atomic E-state index is 0.0921. The maximum absolute atomic E-state index is 13.9. The Hall–Kier alpha value is -3.04. The zero-order valence-corrected chi connectivity index (χ0v) is 17.0. The molecule has 1 aromatic heterocycles. The van der Waals surface area contributed by atoms with Gasteiger partial charge in [0.15, 0.2) is 0 Å². The van der Waals surface area contributed by atoms with Gasteiger partial charge in [0.25, 0.3) is 0 Å². The van der Waals surface area contributed by atoms with Crippen molar-refractivity contribution in [2.75, 3.05) is 26.2 Å². The van der Waals surface area contributed by atoms with Crippen LogP contribution < -0.4 is 0 Å². The average molecular weight is 428 g/mol. The minimum atomic E-state index is -3.92. The first-order valence-corrected chi connectivity index (χ1v) is 11.0. The van der Waals surface area contributed by atoms with E-state index in [0.29, 0.717) is 0 Å². The van der Waals surface area contributed by atoms with Gasteiger partial charge in [-0.15, -0.1) is 0 Å². The molecular formula is C21H21FN4O3S. The molecule has 9 heteroatoms. The number of halogens is 1. The Labute approximate surface area is 174 Å². The molecule has 2 heterocycles. The standard InChI is InChI=1S/C21H21FN4O3S/c22-19-8-4-5-9-20(19)30(28,29)25-12-10-24(11-13-25)21(27)14-17-15-23-26(16-17)18-6-2-1-3-7-18/h1-9,15-16H,10-14H2. The Balaban J connectivity index is 1.37. The average Bonchev–Trinajstić information content (AvgIpc) is 3.23. The third-order valence-corrected chi connectivity index (χ3v) is 6.99. The molecule has 4 rings (SSSR count). The molecule has 0 radical (unpaired) electrons. The normalized spacial score (nSPS) is 15.3. The van der Waals surface area contributed by atoms with Crippen molar-refractivity contribution in [1.82, 2.24) is 19.0 Å². The van der Waals surface area contributed by atoms with Crippen molar-refractivity contribution < 1.29 is 17.6 Å². The summed E-state index contributed by atoms with van der Waals surface area (Å²) < 4.78 is 42.2. The highest BCUT2D eigenvalue weighted by molar-refractivity contribution is 7.89. The molecule has 3 aromatic rings. The summed E-state index contributed by atoms with van der Waals surface area (Å²) in [6.07, 6.45) is 3.66. The second-order valence-electron chi connectivity index (χ2n) is 7.02. The van der Waals surface area contributed by atoms with E-state index in [-0.39, 0.29) is 43.4 Å². The molecular weight excluding hydrogens is 407 g/mol. The van der Waals surface area contributed by atoms with Gasteiger partial charge in [-0.2, -0.15) is 9.40 Å². The van der Waals surface area contributed by atoms with Gasteiger partial charge in [-0.3, -0.25) is 4.79 Å². The summed E-state index contributed by atoms with van der Waals surface area (Å²) in [4.78, 5) is 14.0. The van der Waals surface area contributed by atoms with Crippen molar-refractivity contribution in [3.8, 4) is 5.69 Å². The summed E-state index contributed by atoms with van der Waals surface area (Å²) in [5.74, 6) is -0.864. The fourth-order valence-electron chi connectivity index (χ4n) is 3.43. The molecule has 0 aliphatic carbocycles. The minimum Gasteiger partial charge on any atom is -0.340 e. The predicted molar refractivity (Wildman–Crippen MR) is 109 cm³/mol. The molecule has 0 atom stereocenters. The molecule has 0 unspecified atom stereocenters. The maximum Gasteiger partial charge on any atom is 0.246 e. The molecule has 1 saturated heterocycles. The molecule has 0 N–H and O–H groups in total. The number of rotatable bonds is 5. The molecule has 2 aromatic carbocycles. The van der Waals surface area contributed by atoms with E-state index in [9.17, 15) is 17.6 Å². The van der Waals surface area contributed by atoms with Crippen molar-refractivity contribution in [2.45, 2.75) is 11.3 Å². The van der Waals surface area contributed by atoms with Gasteiger partial charge in [0.1, 0.15) is 10.7 Å². The van der Waals surface area contributed by atoms with Gasteiger partial charge in [0.05, 0.1) is 18.3 Å². The summed E-state index contributed by atoms with van der Waals surface area (Å²) in [6.45, 7) is 0.788. The first kappa shape index (κ1) is 20.2. The Morgan fingerprint density at radius 2 is 1.63 bits per heavy atom. The first-order valence-electron chi connectivity index (χ1n) is 9.56. The lowest BCUT2D eigenvalue weighted by molar-refractivity contribution is -0.131. The van der Waals surface area contributed by atoms with Crippen LogP contribution in [0.25, 0.3) is 5.69 Å². The first-order chi connectivity index (χ1) is 14.4. The molecule has 0 saturated carbocycles. The van der Waals surface area contributed by atoms with Crippen LogP contribution in [0.5, 0.6) is 0 Å². The van der Waals surface area contributed by atoms with Gasteiger partial charge >= 0.3 is 0 Å². The summed E-state index contributed by atoms with van der Waals surface area (Å²) in [5, 5.41) is 4.29. The van der Waals surface area contributed by atoms with Crippen molar-refractivity contribution >= 4 is 15.9 Å². The van der Waals surface area contributed by atoms with Crippen LogP contribution in [0.15, 0.2) is 71.9 Å². The van der Waals surface area contributed by atoms with Gasteiger partial charge in [0.2, 0.25) is 15.9 Å². The zero-order valence-electron chi connectivity index (χ0n) is 16.2. The Morgan fingerprint density at radius 3 is 2.33 bits per heavy atom. The number of sulfonamides is 1. The van der Waals surface area contributed by atoms with Gasteiger partial charge in [-0.25, -0.2) is 17.5 Å². The molecule has 1 aliphatic heterocycles. The second kappa shape index (κ2) is 8.37. The van der Waals surface area contributed by atoms with E-state index in [2.05, 4.69) is 5.10 Å². The Kier molecular flexibility index (Phi) is 5.65. The van der Waals surface area contributed by atoms with Crippen molar-refractivity contribution in [3.05, 3.63) is 78.4 Å². The lowest BCUT2D eigenvalue weighted by atomic mass is 10.2. The number of carbonyl (C=O) groups is 1. The number of hydrogen-bond acceptors (Lipinski definition) is 4. The molecule has 1 fully saturated rings. The summed E-state index contributed by atoms with van der Waals surface area (Å²) in [6, 6.07) is 14.9. The van der Waals surface area contributed by atoms with E-state index in [1.165, 1.54) is 22.5 Å². The molecule has 1 amide bonds. The monoisotopic (exact) mass is 428 g/mol. The number of nitrogens with zero attached hydrogens (tertiary/aromatic N) is 4. The summed E-state index contributed by atoms with van der Waals surface area (Å²) in [5.41, 5.74) is 1.69. The number of hydrogen-bond donors (Lipinski definition) is 0. The quantitative estimate of drug-likeness (QED) is 0.624. The van der Waals surface area contributed by atoms with E-state index in [0.717, 1.165) is 17.3 Å². The van der Waals surface area contributed by atoms with Crippen LogP contribution in [0.3, 0.4) is 0 Å². The SMILES string of the molecule is O=C(Cc1cnn(-c2ccccc2)c1)N1CCN(S(=O)(=O)c2ccccc2F)CC1. The van der Waals surface area contributed by atoms with Crippen LogP contribution >= 0.6 is 0 Å². The van der Waals surface area contributed by atoms with Gasteiger partial charge in [-0.05, 0) is 29.8 Å². The summed E-state index contributed by atoms with van der Waals surface area (Å²) in [7, 11) is -3.92. The number of benzene rings is 2. The van der Waals surface area contributed by atoms with Crippen LogP contribution in [0.1, 0.15) is 5.56 Å². The van der Waals surface area contributed by atoms with Crippen LogP contribution in [-0.4, -0.2) is 59.5 Å². The predicted octanol–water partition coefficient (Wildman–Crippen LogP) is 2.09. The maximum atomic E-state index is 13.9. The molecule has 1 aliphatic rings. The van der Waals surface area contributed by atoms with Crippen LogP contribution in [0.4, 0.5) is 4.39 Å². The second-order valence-corrected chi connectivity index (χ2v) is 8.93. The van der Waals surface area contributed by atoms with Crippen molar-refractivity contribution in [2.24, 2.45) is 0 Å². The van der Waals surface area contributed by atoms with Crippen LogP contribution in [0.2, 0.25) is 0 Å². The van der Waals surface area contributed by atoms with E-state index in [1.807, 2.05) is 36.5 Å². The Morgan fingerprint density at radius 1 is 0.967 bits per heavy atom.